The average molecular weight is 215 g/mol. The van der Waals surface area contributed by atoms with Crippen molar-refractivity contribution in [1.82, 2.24) is 14.8 Å². The van der Waals surface area contributed by atoms with Gasteiger partial charge in [0, 0.05) is 18.0 Å². The van der Waals surface area contributed by atoms with Crippen LogP contribution in [0.5, 0.6) is 0 Å². The lowest BCUT2D eigenvalue weighted by atomic mass is 9.96. The van der Waals surface area contributed by atoms with Crippen molar-refractivity contribution in [3.63, 3.8) is 0 Å². The molecule has 84 valence electrons. The van der Waals surface area contributed by atoms with Crippen molar-refractivity contribution < 1.29 is 0 Å². The minimum atomic E-state index is 0.0226. The highest BCUT2D eigenvalue weighted by atomic mass is 15.3. The van der Waals surface area contributed by atoms with E-state index in [0.717, 1.165) is 17.2 Å². The predicted octanol–water partition coefficient (Wildman–Crippen LogP) is 2.78. The summed E-state index contributed by atoms with van der Waals surface area (Å²) in [5, 5.41) is 8.54. The summed E-state index contributed by atoms with van der Waals surface area (Å²) in [6.45, 7) is 6.43. The zero-order valence-electron chi connectivity index (χ0n) is 10.2. The van der Waals surface area contributed by atoms with Crippen LogP contribution in [0, 0.1) is 0 Å². The first-order valence-corrected chi connectivity index (χ1v) is 5.45. The molecule has 1 heterocycles. The third kappa shape index (κ3) is 1.85. The van der Waals surface area contributed by atoms with Crippen LogP contribution in [0.4, 0.5) is 0 Å². The molecule has 0 aliphatic heterocycles. The molecule has 16 heavy (non-hydrogen) atoms. The smallest absolute Gasteiger partial charge is 0.163 e. The van der Waals surface area contributed by atoms with Crippen LogP contribution in [0.3, 0.4) is 0 Å². The first-order valence-electron chi connectivity index (χ1n) is 5.45. The number of nitrogens with zero attached hydrogens (tertiary/aromatic N) is 3. The topological polar surface area (TPSA) is 30.7 Å². The minimum absolute atomic E-state index is 0.0226. The van der Waals surface area contributed by atoms with Gasteiger partial charge in [-0.15, -0.1) is 10.2 Å². The van der Waals surface area contributed by atoms with Gasteiger partial charge in [-0.2, -0.15) is 0 Å². The van der Waals surface area contributed by atoms with Gasteiger partial charge < -0.3 is 4.57 Å². The Kier molecular flexibility index (Phi) is 2.54. The normalized spacial score (nSPS) is 11.8. The van der Waals surface area contributed by atoms with Crippen molar-refractivity contribution in [2.24, 2.45) is 7.05 Å². The number of hydrogen-bond donors (Lipinski definition) is 0. The maximum Gasteiger partial charge on any atom is 0.163 e. The largest absolute Gasteiger partial charge is 0.314 e. The molecular formula is C13H17N3. The van der Waals surface area contributed by atoms with Crippen LogP contribution in [-0.4, -0.2) is 14.8 Å². The van der Waals surface area contributed by atoms with E-state index in [4.69, 9.17) is 0 Å². The van der Waals surface area contributed by atoms with Gasteiger partial charge in [-0.1, -0.05) is 51.1 Å². The lowest BCUT2D eigenvalue weighted by molar-refractivity contribution is 0.521. The van der Waals surface area contributed by atoms with Crippen LogP contribution in [0.15, 0.2) is 30.3 Å². The fourth-order valence-electron chi connectivity index (χ4n) is 1.82. The lowest BCUT2D eigenvalue weighted by Gasteiger charge is -2.17. The second kappa shape index (κ2) is 3.74. The van der Waals surface area contributed by atoms with Crippen molar-refractivity contribution in [3.8, 4) is 11.4 Å². The molecule has 3 nitrogen and oxygen atoms in total. The molecule has 2 rings (SSSR count). The molecule has 0 bridgehead atoms. The van der Waals surface area contributed by atoms with Gasteiger partial charge in [0.2, 0.25) is 0 Å². The lowest BCUT2D eigenvalue weighted by Crippen LogP contribution is -2.17. The second-order valence-electron chi connectivity index (χ2n) is 5.02. The molecule has 0 spiro atoms. The predicted molar refractivity (Wildman–Crippen MR) is 65.1 cm³/mol. The number of benzene rings is 1. The Morgan fingerprint density at radius 3 is 2.12 bits per heavy atom. The summed E-state index contributed by atoms with van der Waals surface area (Å²) in [5.41, 5.74) is 1.13. The Labute approximate surface area is 96.1 Å². The van der Waals surface area contributed by atoms with E-state index in [-0.39, 0.29) is 5.41 Å². The van der Waals surface area contributed by atoms with Crippen LogP contribution in [0.2, 0.25) is 0 Å². The quantitative estimate of drug-likeness (QED) is 0.732. The van der Waals surface area contributed by atoms with Gasteiger partial charge in [0.1, 0.15) is 5.82 Å². The summed E-state index contributed by atoms with van der Waals surface area (Å²) >= 11 is 0. The number of rotatable bonds is 1. The van der Waals surface area contributed by atoms with Crippen LogP contribution < -0.4 is 0 Å². The monoisotopic (exact) mass is 215 g/mol. The Morgan fingerprint density at radius 1 is 1.00 bits per heavy atom. The van der Waals surface area contributed by atoms with E-state index in [9.17, 15) is 0 Å². The molecule has 0 fully saturated rings. The highest BCUT2D eigenvalue weighted by Gasteiger charge is 2.22. The summed E-state index contributed by atoms with van der Waals surface area (Å²) in [6.07, 6.45) is 0. The summed E-state index contributed by atoms with van der Waals surface area (Å²) in [4.78, 5) is 0. The van der Waals surface area contributed by atoms with E-state index < -0.39 is 0 Å². The van der Waals surface area contributed by atoms with Gasteiger partial charge in [-0.05, 0) is 0 Å². The molecule has 3 heteroatoms. The maximum absolute atomic E-state index is 4.28. The fourth-order valence-corrected chi connectivity index (χ4v) is 1.82. The van der Waals surface area contributed by atoms with Gasteiger partial charge in [0.15, 0.2) is 5.82 Å². The highest BCUT2D eigenvalue weighted by Crippen LogP contribution is 2.24. The molecule has 0 aliphatic rings. The minimum Gasteiger partial charge on any atom is -0.314 e. The fraction of sp³-hybridized carbons (Fsp3) is 0.385. The Hall–Kier alpha value is -1.64. The van der Waals surface area contributed by atoms with Crippen LogP contribution in [0.1, 0.15) is 26.6 Å². The van der Waals surface area contributed by atoms with E-state index in [0.29, 0.717) is 0 Å². The van der Waals surface area contributed by atoms with Crippen molar-refractivity contribution in [2.75, 3.05) is 0 Å². The van der Waals surface area contributed by atoms with E-state index >= 15 is 0 Å². The molecule has 0 amide bonds. The first-order chi connectivity index (χ1) is 7.50. The molecule has 0 radical (unpaired) electrons. The van der Waals surface area contributed by atoms with Crippen LogP contribution in [0.25, 0.3) is 11.4 Å². The second-order valence-corrected chi connectivity index (χ2v) is 5.02. The van der Waals surface area contributed by atoms with Crippen LogP contribution in [-0.2, 0) is 12.5 Å². The molecule has 1 aromatic heterocycles. The zero-order valence-corrected chi connectivity index (χ0v) is 10.2. The molecular weight excluding hydrogens is 198 g/mol. The summed E-state index contributed by atoms with van der Waals surface area (Å²) in [6, 6.07) is 10.1. The SMILES string of the molecule is Cn1c(-c2ccccc2)nnc1C(C)(C)C. The molecule has 0 N–H and O–H groups in total. The third-order valence-corrected chi connectivity index (χ3v) is 2.58. The zero-order chi connectivity index (χ0) is 11.8. The molecule has 0 unspecified atom stereocenters. The molecule has 2 aromatic rings. The van der Waals surface area contributed by atoms with Gasteiger partial charge in [0.25, 0.3) is 0 Å². The Balaban J connectivity index is 2.50. The maximum atomic E-state index is 4.28. The van der Waals surface area contributed by atoms with Gasteiger partial charge >= 0.3 is 0 Å². The van der Waals surface area contributed by atoms with E-state index in [1.54, 1.807) is 0 Å². The van der Waals surface area contributed by atoms with Gasteiger partial charge in [-0.3, -0.25) is 0 Å². The van der Waals surface area contributed by atoms with E-state index in [2.05, 4.69) is 47.7 Å². The van der Waals surface area contributed by atoms with Crippen LogP contribution >= 0.6 is 0 Å². The molecule has 0 aliphatic carbocycles. The number of aromatic nitrogens is 3. The highest BCUT2D eigenvalue weighted by molar-refractivity contribution is 5.55. The average Bonchev–Trinajstić information content (AvgIpc) is 2.61. The van der Waals surface area contributed by atoms with Crippen molar-refractivity contribution >= 4 is 0 Å². The van der Waals surface area contributed by atoms with Gasteiger partial charge in [0.05, 0.1) is 0 Å². The first kappa shape index (κ1) is 10.9. The summed E-state index contributed by atoms with van der Waals surface area (Å²) in [5.74, 6) is 1.93. The number of hydrogen-bond acceptors (Lipinski definition) is 2. The van der Waals surface area contributed by atoms with E-state index in [1.807, 2.05) is 25.2 Å². The van der Waals surface area contributed by atoms with Gasteiger partial charge in [-0.25, -0.2) is 0 Å². The van der Waals surface area contributed by atoms with E-state index in [1.165, 1.54) is 0 Å². The van der Waals surface area contributed by atoms with Crippen molar-refractivity contribution in [1.29, 1.82) is 0 Å². The molecule has 0 atom stereocenters. The Morgan fingerprint density at radius 2 is 1.62 bits per heavy atom. The standard InChI is InChI=1S/C13H17N3/c1-13(2,3)12-15-14-11(16(12)4)10-8-6-5-7-9-10/h5-9H,1-4H3. The molecule has 1 aromatic carbocycles. The summed E-state index contributed by atoms with van der Waals surface area (Å²) < 4.78 is 2.06. The summed E-state index contributed by atoms with van der Waals surface area (Å²) in [7, 11) is 2.02. The third-order valence-electron chi connectivity index (χ3n) is 2.58. The molecule has 0 saturated heterocycles. The Bertz CT molecular complexity index is 478. The molecule has 0 saturated carbocycles. The van der Waals surface area contributed by atoms with Crippen molar-refractivity contribution in [2.45, 2.75) is 26.2 Å². The van der Waals surface area contributed by atoms with Crippen molar-refractivity contribution in [3.05, 3.63) is 36.2 Å².